The number of benzene rings is 1. The van der Waals surface area contributed by atoms with Crippen molar-refractivity contribution in [3.05, 3.63) is 35.4 Å². The zero-order chi connectivity index (χ0) is 12.8. The molecule has 1 aliphatic heterocycles. The molecule has 0 radical (unpaired) electrons. The number of rotatable bonds is 1. The first-order chi connectivity index (χ1) is 7.87. The third-order valence-electron chi connectivity index (χ3n) is 3.18. The second kappa shape index (κ2) is 3.88. The van der Waals surface area contributed by atoms with E-state index in [1.165, 1.54) is 4.90 Å². The number of fused-ring (bicyclic) bond motifs is 1. The average Bonchev–Trinajstić information content (AvgIpc) is 2.27. The van der Waals surface area contributed by atoms with Crippen LogP contribution in [0.2, 0.25) is 0 Å². The molecule has 0 spiro atoms. The van der Waals surface area contributed by atoms with Crippen LogP contribution in [-0.2, 0) is 10.2 Å². The highest BCUT2D eigenvalue weighted by Gasteiger charge is 2.45. The van der Waals surface area contributed by atoms with E-state index < -0.39 is 10.8 Å². The van der Waals surface area contributed by atoms with Crippen LogP contribution in [0.3, 0.4) is 0 Å². The van der Waals surface area contributed by atoms with E-state index in [4.69, 9.17) is 0 Å². The van der Waals surface area contributed by atoms with Crippen LogP contribution in [0.15, 0.2) is 24.3 Å². The second-order valence-electron chi connectivity index (χ2n) is 4.78. The van der Waals surface area contributed by atoms with Crippen LogP contribution in [0.4, 0.5) is 0 Å². The highest BCUT2D eigenvalue weighted by atomic mass is 32.1. The molecule has 2 amide bonds. The van der Waals surface area contributed by atoms with Gasteiger partial charge in [-0.15, -0.1) is 0 Å². The van der Waals surface area contributed by atoms with Gasteiger partial charge in [0.25, 0.3) is 5.91 Å². The van der Waals surface area contributed by atoms with Gasteiger partial charge in [-0.2, -0.15) is 12.6 Å². The fourth-order valence-corrected chi connectivity index (χ4v) is 2.40. The Morgan fingerprint density at radius 3 is 2.41 bits per heavy atom. The van der Waals surface area contributed by atoms with Gasteiger partial charge in [-0.05, 0) is 32.4 Å². The van der Waals surface area contributed by atoms with Crippen molar-refractivity contribution in [3.8, 4) is 0 Å². The zero-order valence-electron chi connectivity index (χ0n) is 10.1. The van der Waals surface area contributed by atoms with Gasteiger partial charge in [0.1, 0.15) is 0 Å². The standard InChI is InChI=1S/C13H15NO2S/c1-8(17)14-11(15)9-6-4-5-7-10(9)13(2,3)12(14)16/h4-8,17H,1-3H3. The fourth-order valence-electron chi connectivity index (χ4n) is 2.19. The van der Waals surface area contributed by atoms with E-state index in [0.717, 1.165) is 5.56 Å². The van der Waals surface area contributed by atoms with E-state index in [9.17, 15) is 9.59 Å². The third-order valence-corrected chi connectivity index (χ3v) is 3.41. The molecule has 1 aliphatic rings. The van der Waals surface area contributed by atoms with Gasteiger partial charge in [-0.3, -0.25) is 14.5 Å². The van der Waals surface area contributed by atoms with Crippen LogP contribution in [0.25, 0.3) is 0 Å². The lowest BCUT2D eigenvalue weighted by Gasteiger charge is -2.38. The minimum absolute atomic E-state index is 0.191. The first-order valence-electron chi connectivity index (χ1n) is 5.53. The Hall–Kier alpha value is -1.29. The molecule has 0 bridgehead atoms. The fraction of sp³-hybridized carbons (Fsp3) is 0.385. The van der Waals surface area contributed by atoms with Gasteiger partial charge in [-0.25, -0.2) is 0 Å². The lowest BCUT2D eigenvalue weighted by atomic mass is 9.77. The third kappa shape index (κ3) is 1.67. The number of amides is 2. The summed E-state index contributed by atoms with van der Waals surface area (Å²) < 4.78 is 0. The van der Waals surface area contributed by atoms with Gasteiger partial charge < -0.3 is 0 Å². The summed E-state index contributed by atoms with van der Waals surface area (Å²) in [5.74, 6) is -0.448. The Morgan fingerprint density at radius 2 is 1.82 bits per heavy atom. The van der Waals surface area contributed by atoms with Crippen LogP contribution >= 0.6 is 12.6 Å². The van der Waals surface area contributed by atoms with Crippen molar-refractivity contribution >= 4 is 24.4 Å². The monoisotopic (exact) mass is 249 g/mol. The summed E-state index contributed by atoms with van der Waals surface area (Å²) in [6.45, 7) is 5.40. The molecule has 0 fully saturated rings. The second-order valence-corrected chi connectivity index (χ2v) is 5.53. The molecule has 2 rings (SSSR count). The van der Waals surface area contributed by atoms with Crippen LogP contribution < -0.4 is 0 Å². The summed E-state index contributed by atoms with van der Waals surface area (Å²) in [5, 5.41) is -0.414. The summed E-state index contributed by atoms with van der Waals surface area (Å²) in [4.78, 5) is 25.8. The average molecular weight is 249 g/mol. The smallest absolute Gasteiger partial charge is 0.261 e. The molecule has 0 aliphatic carbocycles. The van der Waals surface area contributed by atoms with Crippen molar-refractivity contribution in [2.75, 3.05) is 0 Å². The van der Waals surface area contributed by atoms with Gasteiger partial charge in [-0.1, -0.05) is 18.2 Å². The van der Waals surface area contributed by atoms with Crippen molar-refractivity contribution < 1.29 is 9.59 Å². The number of hydrogen-bond acceptors (Lipinski definition) is 3. The Bertz CT molecular complexity index is 494. The number of carbonyl (C=O) groups excluding carboxylic acids is 2. The first-order valence-corrected chi connectivity index (χ1v) is 6.04. The Morgan fingerprint density at radius 1 is 1.24 bits per heavy atom. The largest absolute Gasteiger partial charge is 0.273 e. The maximum Gasteiger partial charge on any atom is 0.261 e. The molecule has 0 saturated carbocycles. The van der Waals surface area contributed by atoms with Gasteiger partial charge in [0.15, 0.2) is 0 Å². The summed E-state index contributed by atoms with van der Waals surface area (Å²) in [5.41, 5.74) is 0.708. The number of thiol groups is 1. The molecule has 0 aromatic heterocycles. The van der Waals surface area contributed by atoms with E-state index in [2.05, 4.69) is 12.6 Å². The highest BCUT2D eigenvalue weighted by Crippen LogP contribution is 2.35. The summed E-state index contributed by atoms with van der Waals surface area (Å²) in [7, 11) is 0. The number of carbonyl (C=O) groups is 2. The first kappa shape index (κ1) is 12.2. The maximum atomic E-state index is 12.3. The summed E-state index contributed by atoms with van der Waals surface area (Å²) >= 11 is 4.21. The van der Waals surface area contributed by atoms with Crippen molar-refractivity contribution in [1.82, 2.24) is 4.90 Å². The lowest BCUT2D eigenvalue weighted by Crippen LogP contribution is -2.53. The number of nitrogens with zero attached hydrogens (tertiary/aromatic N) is 1. The highest BCUT2D eigenvalue weighted by molar-refractivity contribution is 7.80. The molecule has 4 heteroatoms. The van der Waals surface area contributed by atoms with E-state index in [0.29, 0.717) is 5.56 Å². The van der Waals surface area contributed by atoms with Gasteiger partial charge in [0.05, 0.1) is 10.8 Å². The molecule has 1 atom stereocenters. The van der Waals surface area contributed by atoms with E-state index >= 15 is 0 Å². The quantitative estimate of drug-likeness (QED) is 0.612. The van der Waals surface area contributed by atoms with E-state index in [1.54, 1.807) is 13.0 Å². The molecule has 1 aromatic rings. The molecule has 1 heterocycles. The molecular weight excluding hydrogens is 234 g/mol. The number of imide groups is 1. The molecule has 17 heavy (non-hydrogen) atoms. The molecule has 0 N–H and O–H groups in total. The summed E-state index contributed by atoms with van der Waals surface area (Å²) in [6, 6.07) is 7.26. The van der Waals surface area contributed by atoms with Crippen LogP contribution in [0.5, 0.6) is 0 Å². The molecule has 0 saturated heterocycles. The van der Waals surface area contributed by atoms with Gasteiger partial charge in [0, 0.05) is 5.56 Å². The normalized spacial score (nSPS) is 20.1. The van der Waals surface area contributed by atoms with Crippen LogP contribution in [0.1, 0.15) is 36.7 Å². The van der Waals surface area contributed by atoms with Crippen molar-refractivity contribution in [2.24, 2.45) is 0 Å². The maximum absolute atomic E-state index is 12.3. The molecule has 90 valence electrons. The Kier molecular flexibility index (Phi) is 2.78. The predicted molar refractivity (Wildman–Crippen MR) is 69.1 cm³/mol. The van der Waals surface area contributed by atoms with E-state index in [-0.39, 0.29) is 11.8 Å². The SMILES string of the molecule is CC(S)N1C(=O)c2ccccc2C(C)(C)C1=O. The molecule has 1 aromatic carbocycles. The van der Waals surface area contributed by atoms with Crippen LogP contribution in [-0.4, -0.2) is 22.1 Å². The van der Waals surface area contributed by atoms with Gasteiger partial charge in [0.2, 0.25) is 5.91 Å². The Labute approximate surface area is 106 Å². The molecule has 1 unspecified atom stereocenters. The van der Waals surface area contributed by atoms with Crippen LogP contribution in [0, 0.1) is 0 Å². The molecular formula is C13H15NO2S. The van der Waals surface area contributed by atoms with Crippen molar-refractivity contribution in [3.63, 3.8) is 0 Å². The Balaban J connectivity index is 2.66. The van der Waals surface area contributed by atoms with Crippen molar-refractivity contribution in [2.45, 2.75) is 31.6 Å². The minimum atomic E-state index is -0.679. The predicted octanol–water partition coefficient (Wildman–Crippen LogP) is 2.22. The van der Waals surface area contributed by atoms with Crippen molar-refractivity contribution in [1.29, 1.82) is 0 Å². The van der Waals surface area contributed by atoms with E-state index in [1.807, 2.05) is 32.0 Å². The topological polar surface area (TPSA) is 37.4 Å². The minimum Gasteiger partial charge on any atom is -0.273 e. The summed E-state index contributed by atoms with van der Waals surface area (Å²) in [6.07, 6.45) is 0. The molecule has 3 nitrogen and oxygen atoms in total. The zero-order valence-corrected chi connectivity index (χ0v) is 11.0. The van der Waals surface area contributed by atoms with Gasteiger partial charge >= 0.3 is 0 Å². The lowest BCUT2D eigenvalue weighted by molar-refractivity contribution is -0.134. The number of hydrogen-bond donors (Lipinski definition) is 1.